The number of carbonyl (C=O) groups excluding carboxylic acids is 1. The van der Waals surface area contributed by atoms with Gasteiger partial charge >= 0.3 is 6.18 Å². The molecule has 0 spiro atoms. The molecule has 1 heterocycles. The number of carbonyl (C=O) groups is 1. The fourth-order valence-corrected chi connectivity index (χ4v) is 2.63. The van der Waals surface area contributed by atoms with Gasteiger partial charge in [0.05, 0.1) is 11.5 Å². The van der Waals surface area contributed by atoms with Crippen molar-refractivity contribution in [3.63, 3.8) is 0 Å². The number of nitrogens with zero attached hydrogens (tertiary/aromatic N) is 1. The van der Waals surface area contributed by atoms with Crippen LogP contribution in [0, 0.1) is 5.92 Å². The zero-order valence-corrected chi connectivity index (χ0v) is 11.4. The highest BCUT2D eigenvalue weighted by molar-refractivity contribution is 5.93. The molecule has 4 nitrogen and oxygen atoms in total. The number of aromatic nitrogens is 1. The van der Waals surface area contributed by atoms with Crippen LogP contribution in [0.2, 0.25) is 0 Å². The second-order valence-corrected chi connectivity index (χ2v) is 5.48. The summed E-state index contributed by atoms with van der Waals surface area (Å²) in [6.07, 6.45) is -1.18. The largest absolute Gasteiger partial charge is 0.391 e. The van der Waals surface area contributed by atoms with Gasteiger partial charge in [-0.05, 0) is 37.8 Å². The van der Waals surface area contributed by atoms with Gasteiger partial charge in [-0.2, -0.15) is 13.2 Å². The number of hydrogen-bond acceptors (Lipinski definition) is 3. The Labute approximate surface area is 120 Å². The van der Waals surface area contributed by atoms with Crippen molar-refractivity contribution in [1.29, 1.82) is 0 Å². The van der Waals surface area contributed by atoms with Crippen LogP contribution in [0.1, 0.15) is 36.0 Å². The van der Waals surface area contributed by atoms with Gasteiger partial charge in [0.15, 0.2) is 0 Å². The van der Waals surface area contributed by atoms with E-state index < -0.39 is 23.6 Å². The Morgan fingerprint density at radius 1 is 1.43 bits per heavy atom. The van der Waals surface area contributed by atoms with Crippen molar-refractivity contribution in [3.8, 4) is 0 Å². The number of rotatable bonds is 3. The quantitative estimate of drug-likeness (QED) is 0.900. The van der Waals surface area contributed by atoms with Crippen LogP contribution in [0.25, 0.3) is 0 Å². The van der Waals surface area contributed by atoms with Crippen molar-refractivity contribution < 1.29 is 23.1 Å². The minimum atomic E-state index is -4.30. The van der Waals surface area contributed by atoms with Crippen LogP contribution >= 0.6 is 0 Å². The predicted octanol–water partition coefficient (Wildman–Crippen LogP) is 2.29. The summed E-state index contributed by atoms with van der Waals surface area (Å²) in [5, 5.41) is 12.8. The fourth-order valence-electron chi connectivity index (χ4n) is 2.63. The molecular formula is C14H17F3N2O2. The van der Waals surface area contributed by atoms with Crippen molar-refractivity contribution in [2.45, 2.75) is 37.5 Å². The van der Waals surface area contributed by atoms with E-state index in [2.05, 4.69) is 10.3 Å². The van der Waals surface area contributed by atoms with E-state index in [0.717, 1.165) is 0 Å². The second-order valence-electron chi connectivity index (χ2n) is 5.48. The van der Waals surface area contributed by atoms with E-state index in [1.165, 1.54) is 24.5 Å². The van der Waals surface area contributed by atoms with E-state index in [9.17, 15) is 23.1 Å². The van der Waals surface area contributed by atoms with E-state index in [-0.39, 0.29) is 25.8 Å². The second kappa shape index (κ2) is 6.01. The lowest BCUT2D eigenvalue weighted by Crippen LogP contribution is -2.48. The molecule has 0 unspecified atom stereocenters. The molecule has 2 rings (SSSR count). The first-order valence-electron chi connectivity index (χ1n) is 6.77. The molecule has 116 valence electrons. The van der Waals surface area contributed by atoms with Crippen LogP contribution in [0.4, 0.5) is 13.2 Å². The molecule has 21 heavy (non-hydrogen) atoms. The van der Waals surface area contributed by atoms with Crippen LogP contribution in [-0.4, -0.2) is 34.3 Å². The van der Waals surface area contributed by atoms with Crippen LogP contribution in [0.5, 0.6) is 0 Å². The number of halogens is 3. The van der Waals surface area contributed by atoms with Gasteiger partial charge in [-0.3, -0.25) is 9.78 Å². The summed E-state index contributed by atoms with van der Waals surface area (Å²) >= 11 is 0. The first kappa shape index (κ1) is 15.8. The van der Waals surface area contributed by atoms with Crippen molar-refractivity contribution >= 4 is 5.91 Å². The van der Waals surface area contributed by atoms with Crippen LogP contribution < -0.4 is 5.32 Å². The number of aliphatic hydroxyl groups is 1. The number of pyridine rings is 1. The molecule has 0 bridgehead atoms. The van der Waals surface area contributed by atoms with E-state index in [1.807, 2.05) is 0 Å². The van der Waals surface area contributed by atoms with Crippen molar-refractivity contribution in [1.82, 2.24) is 10.3 Å². The Kier molecular flexibility index (Phi) is 4.51. The monoisotopic (exact) mass is 302 g/mol. The van der Waals surface area contributed by atoms with Crippen LogP contribution in [-0.2, 0) is 0 Å². The first-order valence-corrected chi connectivity index (χ1v) is 6.77. The van der Waals surface area contributed by atoms with Crippen molar-refractivity contribution in [3.05, 3.63) is 30.1 Å². The maximum atomic E-state index is 12.7. The Hall–Kier alpha value is -1.63. The van der Waals surface area contributed by atoms with E-state index in [0.29, 0.717) is 12.0 Å². The molecular weight excluding hydrogens is 285 g/mol. The third-order valence-corrected chi connectivity index (χ3v) is 3.80. The Morgan fingerprint density at radius 2 is 2.10 bits per heavy atom. The van der Waals surface area contributed by atoms with Gasteiger partial charge < -0.3 is 10.4 Å². The maximum absolute atomic E-state index is 12.7. The molecule has 1 aliphatic rings. The molecule has 1 saturated carbocycles. The topological polar surface area (TPSA) is 62.2 Å². The average Bonchev–Trinajstić information content (AvgIpc) is 2.45. The van der Waals surface area contributed by atoms with Crippen molar-refractivity contribution in [2.75, 3.05) is 6.54 Å². The third-order valence-electron chi connectivity index (χ3n) is 3.80. The lowest BCUT2D eigenvalue weighted by molar-refractivity contribution is -0.199. The van der Waals surface area contributed by atoms with Gasteiger partial charge in [0.25, 0.3) is 5.91 Å². The summed E-state index contributed by atoms with van der Waals surface area (Å²) in [7, 11) is 0. The molecule has 0 radical (unpaired) electrons. The summed E-state index contributed by atoms with van der Waals surface area (Å²) in [4.78, 5) is 15.6. The molecule has 1 aliphatic carbocycles. The molecule has 0 aromatic carbocycles. The molecule has 0 saturated heterocycles. The molecule has 1 fully saturated rings. The number of alkyl halides is 3. The van der Waals surface area contributed by atoms with E-state index in [1.54, 1.807) is 0 Å². The molecule has 0 aliphatic heterocycles. The normalized spacial score (nSPS) is 26.4. The lowest BCUT2D eigenvalue weighted by Gasteiger charge is -2.37. The maximum Gasteiger partial charge on any atom is 0.391 e. The number of hydrogen-bond donors (Lipinski definition) is 2. The molecule has 1 aromatic heterocycles. The molecule has 1 amide bonds. The Morgan fingerprint density at radius 3 is 2.71 bits per heavy atom. The minimum absolute atomic E-state index is 0.0319. The molecule has 2 N–H and O–H groups in total. The highest BCUT2D eigenvalue weighted by Crippen LogP contribution is 2.41. The van der Waals surface area contributed by atoms with E-state index >= 15 is 0 Å². The van der Waals surface area contributed by atoms with Crippen LogP contribution in [0.15, 0.2) is 24.5 Å². The van der Waals surface area contributed by atoms with E-state index in [4.69, 9.17) is 0 Å². The van der Waals surface area contributed by atoms with Gasteiger partial charge in [-0.15, -0.1) is 0 Å². The number of amides is 1. The fraction of sp³-hybridized carbons (Fsp3) is 0.571. The van der Waals surface area contributed by atoms with Gasteiger partial charge in [0, 0.05) is 24.5 Å². The third kappa shape index (κ3) is 4.17. The summed E-state index contributed by atoms with van der Waals surface area (Å²) in [5.74, 6) is -1.94. The zero-order valence-electron chi connectivity index (χ0n) is 11.4. The number of nitrogens with one attached hydrogen (secondary N) is 1. The van der Waals surface area contributed by atoms with Gasteiger partial charge in [0.2, 0.25) is 0 Å². The first-order chi connectivity index (χ1) is 9.80. The van der Waals surface area contributed by atoms with Gasteiger partial charge in [-0.1, -0.05) is 0 Å². The molecule has 2 atom stereocenters. The Balaban J connectivity index is 1.94. The van der Waals surface area contributed by atoms with Gasteiger partial charge in [-0.25, -0.2) is 0 Å². The summed E-state index contributed by atoms with van der Waals surface area (Å²) in [6.45, 7) is -0.180. The lowest BCUT2D eigenvalue weighted by atomic mass is 9.77. The minimum Gasteiger partial charge on any atom is -0.388 e. The van der Waals surface area contributed by atoms with Crippen molar-refractivity contribution in [2.24, 2.45) is 5.92 Å². The summed E-state index contributed by atoms with van der Waals surface area (Å²) in [6, 6.07) is 3.00. The summed E-state index contributed by atoms with van der Waals surface area (Å²) < 4.78 is 38.2. The Bertz CT molecular complexity index is 493. The highest BCUT2D eigenvalue weighted by atomic mass is 19.4. The predicted molar refractivity (Wildman–Crippen MR) is 69.5 cm³/mol. The molecule has 7 heteroatoms. The smallest absolute Gasteiger partial charge is 0.388 e. The SMILES string of the molecule is O=C(NC[C@@]1(O)CCC[C@@H](C(F)(F)F)C1)c1ccncc1. The highest BCUT2D eigenvalue weighted by Gasteiger charge is 2.46. The standard InChI is InChI=1S/C14H17F3N2O2/c15-14(16,17)11-2-1-5-13(21,8-11)9-19-12(20)10-3-6-18-7-4-10/h3-4,6-7,11,21H,1-2,5,8-9H2,(H,19,20)/t11-,13-/m1/s1. The zero-order chi connectivity index (χ0) is 15.5. The van der Waals surface area contributed by atoms with Gasteiger partial charge in [0.1, 0.15) is 0 Å². The molecule has 1 aromatic rings. The average molecular weight is 302 g/mol. The van der Waals surface area contributed by atoms with Crippen LogP contribution in [0.3, 0.4) is 0 Å². The summed E-state index contributed by atoms with van der Waals surface area (Å²) in [5.41, 5.74) is -1.14.